The Morgan fingerprint density at radius 2 is 1.75 bits per heavy atom. The van der Waals surface area contributed by atoms with E-state index in [1.165, 1.54) is 4.90 Å². The van der Waals surface area contributed by atoms with Crippen molar-refractivity contribution in [3.05, 3.63) is 106 Å². The van der Waals surface area contributed by atoms with Gasteiger partial charge in [0.05, 0.1) is 17.3 Å². The molecule has 1 aromatic heterocycles. The molecule has 5 rings (SSSR count). The predicted molar refractivity (Wildman–Crippen MR) is 144 cm³/mol. The highest BCUT2D eigenvalue weighted by atomic mass is 32.1. The average Bonchev–Trinajstić information content (AvgIpc) is 3.21. The molecule has 176 valence electrons. The lowest BCUT2D eigenvalue weighted by molar-refractivity contribution is -0.122. The van der Waals surface area contributed by atoms with Crippen LogP contribution in [0.25, 0.3) is 17.0 Å². The van der Waals surface area contributed by atoms with Crippen LogP contribution in [0.4, 0.5) is 5.69 Å². The third kappa shape index (κ3) is 3.98. The average molecular weight is 491 g/mol. The van der Waals surface area contributed by atoms with Crippen LogP contribution in [0, 0.1) is 25.2 Å². The van der Waals surface area contributed by atoms with Crippen LogP contribution in [-0.2, 0) is 16.1 Å². The zero-order valence-corrected chi connectivity index (χ0v) is 20.6. The molecule has 1 N–H and O–H groups in total. The normalized spacial score (nSPS) is 14.9. The number of carbonyl (C=O) groups is 2. The third-order valence-electron chi connectivity index (χ3n) is 6.52. The van der Waals surface area contributed by atoms with Crippen molar-refractivity contribution in [2.75, 3.05) is 4.90 Å². The Bertz CT molecular complexity index is 1640. The van der Waals surface area contributed by atoms with Crippen molar-refractivity contribution in [3.63, 3.8) is 0 Å². The summed E-state index contributed by atoms with van der Waals surface area (Å²) in [6.45, 7) is 4.37. The molecule has 3 aromatic carbocycles. The topological polar surface area (TPSA) is 78.1 Å². The second-order valence-electron chi connectivity index (χ2n) is 8.68. The zero-order valence-electron chi connectivity index (χ0n) is 19.8. The summed E-state index contributed by atoms with van der Waals surface area (Å²) in [5, 5.41) is 13.1. The smallest absolute Gasteiger partial charge is 0.270 e. The molecule has 0 atom stereocenters. The van der Waals surface area contributed by atoms with E-state index in [1.807, 2.05) is 85.3 Å². The van der Waals surface area contributed by atoms with Crippen LogP contribution < -0.4 is 10.2 Å². The summed E-state index contributed by atoms with van der Waals surface area (Å²) in [6.07, 6.45) is 3.52. The predicted octanol–water partition coefficient (Wildman–Crippen LogP) is 5.01. The molecule has 2 heterocycles. The number of anilines is 1. The Morgan fingerprint density at radius 1 is 1.00 bits per heavy atom. The van der Waals surface area contributed by atoms with E-state index in [4.69, 9.17) is 12.2 Å². The van der Waals surface area contributed by atoms with Gasteiger partial charge in [0.15, 0.2) is 5.11 Å². The molecule has 2 amide bonds. The molecular formula is C29H22N4O2S. The standard InChI is InChI=1S/C29H22N4O2S/c1-18-8-7-13-25(19(18)2)33-28(35)24(27(34)31-29(33)36)14-22-17-32(26-12-6-5-11-23(22)26)16-21-10-4-3-9-20(21)15-30/h3-14,17H,16H2,1-2H3,(H,31,34,36)/b24-14+. The van der Waals surface area contributed by atoms with Gasteiger partial charge in [-0.3, -0.25) is 19.8 Å². The first kappa shape index (κ1) is 23.2. The summed E-state index contributed by atoms with van der Waals surface area (Å²) in [5.74, 6) is -0.998. The minimum absolute atomic E-state index is 0.00448. The summed E-state index contributed by atoms with van der Waals surface area (Å²) in [6, 6.07) is 23.1. The number of carbonyl (C=O) groups excluding carboxylic acids is 2. The van der Waals surface area contributed by atoms with Gasteiger partial charge in [-0.05, 0) is 67.0 Å². The number of para-hydroxylation sites is 1. The van der Waals surface area contributed by atoms with E-state index in [0.717, 1.165) is 33.2 Å². The largest absolute Gasteiger partial charge is 0.342 e. The second kappa shape index (κ2) is 9.25. The summed E-state index contributed by atoms with van der Waals surface area (Å²) in [5.41, 5.74) is 5.74. The van der Waals surface area contributed by atoms with Gasteiger partial charge in [-0.2, -0.15) is 5.26 Å². The Morgan fingerprint density at radius 3 is 2.56 bits per heavy atom. The minimum Gasteiger partial charge on any atom is -0.342 e. The monoisotopic (exact) mass is 490 g/mol. The molecule has 1 aliphatic rings. The highest BCUT2D eigenvalue weighted by Gasteiger charge is 2.35. The third-order valence-corrected chi connectivity index (χ3v) is 6.80. The summed E-state index contributed by atoms with van der Waals surface area (Å²) in [4.78, 5) is 27.9. The lowest BCUT2D eigenvalue weighted by Gasteiger charge is -2.30. The quantitative estimate of drug-likeness (QED) is 0.248. The number of fused-ring (bicyclic) bond motifs is 1. The van der Waals surface area contributed by atoms with Crippen molar-refractivity contribution >= 4 is 51.8 Å². The maximum Gasteiger partial charge on any atom is 0.270 e. The molecule has 0 spiro atoms. The van der Waals surface area contributed by atoms with Gasteiger partial charge >= 0.3 is 0 Å². The Labute approximate surface area is 214 Å². The fourth-order valence-electron chi connectivity index (χ4n) is 4.48. The van der Waals surface area contributed by atoms with Crippen LogP contribution in [0.15, 0.2) is 78.5 Å². The Kier molecular flexibility index (Phi) is 5.96. The number of hydrogen-bond acceptors (Lipinski definition) is 4. The molecule has 7 heteroatoms. The number of nitriles is 1. The van der Waals surface area contributed by atoms with Gasteiger partial charge in [0, 0.05) is 29.2 Å². The van der Waals surface area contributed by atoms with Crippen molar-refractivity contribution in [1.82, 2.24) is 9.88 Å². The van der Waals surface area contributed by atoms with Crippen molar-refractivity contribution in [2.45, 2.75) is 20.4 Å². The number of aryl methyl sites for hydroxylation is 1. The Balaban J connectivity index is 1.60. The molecule has 0 bridgehead atoms. The maximum absolute atomic E-state index is 13.6. The van der Waals surface area contributed by atoms with E-state index >= 15 is 0 Å². The Hall–Kier alpha value is -4.54. The molecule has 0 saturated carbocycles. The van der Waals surface area contributed by atoms with Crippen LogP contribution in [0.1, 0.15) is 27.8 Å². The van der Waals surface area contributed by atoms with Gasteiger partial charge < -0.3 is 4.57 Å². The van der Waals surface area contributed by atoms with E-state index < -0.39 is 11.8 Å². The molecule has 6 nitrogen and oxygen atoms in total. The summed E-state index contributed by atoms with van der Waals surface area (Å²) < 4.78 is 2.02. The minimum atomic E-state index is -0.529. The van der Waals surface area contributed by atoms with Gasteiger partial charge in [0.1, 0.15) is 5.57 Å². The first-order valence-electron chi connectivity index (χ1n) is 11.4. The van der Waals surface area contributed by atoms with E-state index in [2.05, 4.69) is 11.4 Å². The number of rotatable bonds is 4. The van der Waals surface area contributed by atoms with Crippen LogP contribution in [0.2, 0.25) is 0 Å². The van der Waals surface area contributed by atoms with Crippen LogP contribution in [-0.4, -0.2) is 21.5 Å². The lowest BCUT2D eigenvalue weighted by Crippen LogP contribution is -2.54. The molecule has 1 aliphatic heterocycles. The molecule has 4 aromatic rings. The van der Waals surface area contributed by atoms with Crippen LogP contribution in [0.5, 0.6) is 0 Å². The second-order valence-corrected chi connectivity index (χ2v) is 9.06. The number of nitrogens with zero attached hydrogens (tertiary/aromatic N) is 3. The highest BCUT2D eigenvalue weighted by Crippen LogP contribution is 2.29. The molecular weight excluding hydrogens is 468 g/mol. The number of benzene rings is 3. The van der Waals surface area contributed by atoms with Gasteiger partial charge in [-0.1, -0.05) is 48.5 Å². The number of hydrogen-bond donors (Lipinski definition) is 1. The summed E-state index contributed by atoms with van der Waals surface area (Å²) >= 11 is 5.38. The van der Waals surface area contributed by atoms with Crippen molar-refractivity contribution in [2.24, 2.45) is 0 Å². The maximum atomic E-state index is 13.6. The first-order chi connectivity index (χ1) is 17.4. The molecule has 1 fully saturated rings. The zero-order chi connectivity index (χ0) is 25.4. The van der Waals surface area contributed by atoms with E-state index in [0.29, 0.717) is 17.8 Å². The van der Waals surface area contributed by atoms with Gasteiger partial charge in [0.25, 0.3) is 11.8 Å². The van der Waals surface area contributed by atoms with Crippen LogP contribution >= 0.6 is 12.2 Å². The molecule has 0 unspecified atom stereocenters. The van der Waals surface area contributed by atoms with Gasteiger partial charge in [-0.15, -0.1) is 0 Å². The van der Waals surface area contributed by atoms with Crippen molar-refractivity contribution < 1.29 is 9.59 Å². The SMILES string of the molecule is Cc1cccc(N2C(=O)/C(=C/c3cn(Cc4ccccc4C#N)c4ccccc34)C(=O)NC2=S)c1C. The molecule has 36 heavy (non-hydrogen) atoms. The van der Waals surface area contributed by atoms with Gasteiger partial charge in [-0.25, -0.2) is 0 Å². The van der Waals surface area contributed by atoms with Crippen molar-refractivity contribution in [3.8, 4) is 6.07 Å². The number of thiocarbonyl (C=S) groups is 1. The molecule has 1 saturated heterocycles. The number of aromatic nitrogens is 1. The van der Waals surface area contributed by atoms with Gasteiger partial charge in [0.2, 0.25) is 0 Å². The van der Waals surface area contributed by atoms with E-state index in [9.17, 15) is 14.9 Å². The fourth-order valence-corrected chi connectivity index (χ4v) is 4.76. The lowest BCUT2D eigenvalue weighted by atomic mass is 10.0. The highest BCUT2D eigenvalue weighted by molar-refractivity contribution is 7.80. The van der Waals surface area contributed by atoms with E-state index in [1.54, 1.807) is 12.1 Å². The van der Waals surface area contributed by atoms with E-state index in [-0.39, 0.29) is 10.7 Å². The molecule has 0 radical (unpaired) electrons. The number of amides is 2. The van der Waals surface area contributed by atoms with Crippen molar-refractivity contribution in [1.29, 1.82) is 5.26 Å². The fraction of sp³-hybridized carbons (Fsp3) is 0.103. The first-order valence-corrected chi connectivity index (χ1v) is 11.8. The number of nitrogens with one attached hydrogen (secondary N) is 1. The molecule has 0 aliphatic carbocycles. The van der Waals surface area contributed by atoms with Crippen LogP contribution in [0.3, 0.4) is 0 Å². The summed E-state index contributed by atoms with van der Waals surface area (Å²) in [7, 11) is 0.